The lowest BCUT2D eigenvalue weighted by Crippen LogP contribution is -2.04. The summed E-state index contributed by atoms with van der Waals surface area (Å²) in [6, 6.07) is 10.1. The van der Waals surface area contributed by atoms with Crippen LogP contribution in [0.3, 0.4) is 0 Å². The number of aliphatic imine (C=N–C) groups is 1. The van der Waals surface area contributed by atoms with Gasteiger partial charge < -0.3 is 0 Å². The van der Waals surface area contributed by atoms with Crippen molar-refractivity contribution < 1.29 is 0 Å². The second-order valence-electron chi connectivity index (χ2n) is 3.45. The summed E-state index contributed by atoms with van der Waals surface area (Å²) < 4.78 is 0. The Morgan fingerprint density at radius 3 is 2.31 bits per heavy atom. The zero-order chi connectivity index (χ0) is 9.68. The predicted octanol–water partition coefficient (Wildman–Crippen LogP) is 3.83. The summed E-state index contributed by atoms with van der Waals surface area (Å²) in [5, 5.41) is 0. The van der Waals surface area contributed by atoms with Gasteiger partial charge in [0.05, 0.1) is 5.69 Å². The zero-order valence-electron chi connectivity index (χ0n) is 8.62. The van der Waals surface area contributed by atoms with E-state index < -0.39 is 0 Å². The molecule has 0 N–H and O–H groups in total. The quantitative estimate of drug-likeness (QED) is 0.619. The lowest BCUT2D eigenvalue weighted by atomic mass is 10.1. The SMILES string of the molecule is CCC(=Nc1ccccc1)C(C)C. The smallest absolute Gasteiger partial charge is 0.0629 e. The van der Waals surface area contributed by atoms with Crippen molar-refractivity contribution in [1.82, 2.24) is 0 Å². The highest BCUT2D eigenvalue weighted by molar-refractivity contribution is 5.88. The molecule has 0 unspecified atom stereocenters. The van der Waals surface area contributed by atoms with E-state index in [0.29, 0.717) is 5.92 Å². The summed E-state index contributed by atoms with van der Waals surface area (Å²) in [4.78, 5) is 4.59. The lowest BCUT2D eigenvalue weighted by Gasteiger charge is -2.06. The first-order valence-electron chi connectivity index (χ1n) is 4.86. The number of benzene rings is 1. The number of hydrogen-bond donors (Lipinski definition) is 0. The van der Waals surface area contributed by atoms with Crippen molar-refractivity contribution in [1.29, 1.82) is 0 Å². The first-order valence-corrected chi connectivity index (χ1v) is 4.86. The first kappa shape index (κ1) is 9.97. The molecule has 0 heterocycles. The molecule has 13 heavy (non-hydrogen) atoms. The van der Waals surface area contributed by atoms with Gasteiger partial charge in [-0.1, -0.05) is 39.0 Å². The third-order valence-corrected chi connectivity index (χ3v) is 2.06. The molecule has 0 radical (unpaired) electrons. The summed E-state index contributed by atoms with van der Waals surface area (Å²) in [7, 11) is 0. The average Bonchev–Trinajstić information content (AvgIpc) is 2.15. The maximum absolute atomic E-state index is 4.59. The van der Waals surface area contributed by atoms with Crippen LogP contribution in [0, 0.1) is 5.92 Å². The third-order valence-electron chi connectivity index (χ3n) is 2.06. The Kier molecular flexibility index (Phi) is 3.69. The Bertz CT molecular complexity index is 272. The fourth-order valence-corrected chi connectivity index (χ4v) is 1.28. The molecule has 1 heteroatoms. The number of rotatable bonds is 3. The molecule has 0 bridgehead atoms. The van der Waals surface area contributed by atoms with Crippen LogP contribution in [0.25, 0.3) is 0 Å². The van der Waals surface area contributed by atoms with Crippen molar-refractivity contribution in [2.75, 3.05) is 0 Å². The molecule has 70 valence electrons. The highest BCUT2D eigenvalue weighted by Gasteiger charge is 2.01. The largest absolute Gasteiger partial charge is 0.258 e. The molecule has 0 aliphatic heterocycles. The number of hydrogen-bond acceptors (Lipinski definition) is 1. The van der Waals surface area contributed by atoms with Crippen LogP contribution >= 0.6 is 0 Å². The maximum atomic E-state index is 4.59. The van der Waals surface area contributed by atoms with E-state index in [1.807, 2.05) is 30.3 Å². The zero-order valence-corrected chi connectivity index (χ0v) is 8.62. The molecule has 0 aliphatic rings. The molecule has 0 fully saturated rings. The van der Waals surface area contributed by atoms with Crippen molar-refractivity contribution in [3.8, 4) is 0 Å². The van der Waals surface area contributed by atoms with Crippen molar-refractivity contribution >= 4 is 11.4 Å². The van der Waals surface area contributed by atoms with Gasteiger partial charge in [0.15, 0.2) is 0 Å². The van der Waals surface area contributed by atoms with Crippen LogP contribution in [0.2, 0.25) is 0 Å². The van der Waals surface area contributed by atoms with Gasteiger partial charge >= 0.3 is 0 Å². The van der Waals surface area contributed by atoms with Crippen molar-refractivity contribution in [2.24, 2.45) is 10.9 Å². The highest BCUT2D eigenvalue weighted by atomic mass is 14.7. The summed E-state index contributed by atoms with van der Waals surface area (Å²) in [5.74, 6) is 0.546. The molecule has 0 saturated heterocycles. The molecular weight excluding hydrogens is 158 g/mol. The molecular formula is C12H17N. The first-order chi connectivity index (χ1) is 6.24. The minimum Gasteiger partial charge on any atom is -0.258 e. The molecule has 1 rings (SSSR count). The number of para-hydroxylation sites is 1. The normalized spacial score (nSPS) is 12.2. The van der Waals surface area contributed by atoms with Gasteiger partial charge in [-0.15, -0.1) is 0 Å². The monoisotopic (exact) mass is 175 g/mol. The van der Waals surface area contributed by atoms with Crippen LogP contribution in [0.15, 0.2) is 35.3 Å². The standard InChI is InChI=1S/C12H17N/c1-4-12(10(2)3)13-11-8-6-5-7-9-11/h5-10H,4H2,1-3H3. The van der Waals surface area contributed by atoms with Crippen molar-refractivity contribution in [2.45, 2.75) is 27.2 Å². The van der Waals surface area contributed by atoms with E-state index in [0.717, 1.165) is 12.1 Å². The van der Waals surface area contributed by atoms with Crippen LogP contribution < -0.4 is 0 Å². The third kappa shape index (κ3) is 3.02. The Hall–Kier alpha value is -1.11. The van der Waals surface area contributed by atoms with Crippen molar-refractivity contribution in [3.63, 3.8) is 0 Å². The Balaban J connectivity index is 2.85. The molecule has 0 aromatic heterocycles. The summed E-state index contributed by atoms with van der Waals surface area (Å²) in [6.07, 6.45) is 1.03. The second-order valence-corrected chi connectivity index (χ2v) is 3.45. The summed E-state index contributed by atoms with van der Waals surface area (Å²) >= 11 is 0. The van der Waals surface area contributed by atoms with Gasteiger partial charge in [-0.05, 0) is 24.5 Å². The molecule has 0 atom stereocenters. The minimum absolute atomic E-state index is 0.546. The lowest BCUT2D eigenvalue weighted by molar-refractivity contribution is 0.857. The molecule has 0 amide bonds. The maximum Gasteiger partial charge on any atom is 0.0629 e. The van der Waals surface area contributed by atoms with Gasteiger partial charge in [-0.2, -0.15) is 0 Å². The van der Waals surface area contributed by atoms with Gasteiger partial charge in [0.2, 0.25) is 0 Å². The Morgan fingerprint density at radius 2 is 1.85 bits per heavy atom. The van der Waals surface area contributed by atoms with E-state index in [4.69, 9.17) is 0 Å². The minimum atomic E-state index is 0.546. The van der Waals surface area contributed by atoms with E-state index in [1.54, 1.807) is 0 Å². The number of nitrogens with zero attached hydrogens (tertiary/aromatic N) is 1. The van der Waals surface area contributed by atoms with E-state index in [1.165, 1.54) is 5.71 Å². The average molecular weight is 175 g/mol. The molecule has 0 aliphatic carbocycles. The second kappa shape index (κ2) is 4.80. The highest BCUT2D eigenvalue weighted by Crippen LogP contribution is 2.13. The van der Waals surface area contributed by atoms with Crippen LogP contribution in [0.5, 0.6) is 0 Å². The predicted molar refractivity (Wildman–Crippen MR) is 58.7 cm³/mol. The fourth-order valence-electron chi connectivity index (χ4n) is 1.28. The van der Waals surface area contributed by atoms with Gasteiger partial charge in [-0.25, -0.2) is 0 Å². The molecule has 0 spiro atoms. The van der Waals surface area contributed by atoms with Crippen LogP contribution in [-0.4, -0.2) is 5.71 Å². The Labute approximate surface area is 80.5 Å². The van der Waals surface area contributed by atoms with Crippen LogP contribution in [0.4, 0.5) is 5.69 Å². The molecule has 1 nitrogen and oxygen atoms in total. The van der Waals surface area contributed by atoms with E-state index in [2.05, 4.69) is 25.8 Å². The Morgan fingerprint density at radius 1 is 1.23 bits per heavy atom. The molecule has 1 aromatic rings. The van der Waals surface area contributed by atoms with Gasteiger partial charge in [-0.3, -0.25) is 4.99 Å². The molecule has 0 saturated carbocycles. The van der Waals surface area contributed by atoms with E-state index >= 15 is 0 Å². The van der Waals surface area contributed by atoms with Crippen LogP contribution in [0.1, 0.15) is 27.2 Å². The fraction of sp³-hybridized carbons (Fsp3) is 0.417. The van der Waals surface area contributed by atoms with E-state index in [-0.39, 0.29) is 0 Å². The van der Waals surface area contributed by atoms with Gasteiger partial charge in [0, 0.05) is 5.71 Å². The van der Waals surface area contributed by atoms with Crippen molar-refractivity contribution in [3.05, 3.63) is 30.3 Å². The van der Waals surface area contributed by atoms with Crippen LogP contribution in [-0.2, 0) is 0 Å². The van der Waals surface area contributed by atoms with E-state index in [9.17, 15) is 0 Å². The molecule has 1 aromatic carbocycles. The topological polar surface area (TPSA) is 12.4 Å². The summed E-state index contributed by atoms with van der Waals surface area (Å²) in [6.45, 7) is 6.53. The van der Waals surface area contributed by atoms with Gasteiger partial charge in [0.1, 0.15) is 0 Å². The van der Waals surface area contributed by atoms with Gasteiger partial charge in [0.25, 0.3) is 0 Å². The summed E-state index contributed by atoms with van der Waals surface area (Å²) in [5.41, 5.74) is 2.33.